The number of hydrogen-bond acceptors (Lipinski definition) is 6. The summed E-state index contributed by atoms with van der Waals surface area (Å²) in [6.45, 7) is 4.47. The van der Waals surface area contributed by atoms with Gasteiger partial charge in [0.1, 0.15) is 5.75 Å². The summed E-state index contributed by atoms with van der Waals surface area (Å²) >= 11 is 1.54. The van der Waals surface area contributed by atoms with Crippen molar-refractivity contribution >= 4 is 33.1 Å². The van der Waals surface area contributed by atoms with Crippen LogP contribution in [0.1, 0.15) is 45.1 Å². The van der Waals surface area contributed by atoms with Gasteiger partial charge in [0.15, 0.2) is 9.84 Å². The van der Waals surface area contributed by atoms with Crippen molar-refractivity contribution in [2.45, 2.75) is 73.8 Å². The lowest BCUT2D eigenvalue weighted by molar-refractivity contribution is -0.274. The third kappa shape index (κ3) is 7.82. The molecule has 0 aromatic heterocycles. The van der Waals surface area contributed by atoms with E-state index in [4.69, 9.17) is 0 Å². The van der Waals surface area contributed by atoms with E-state index in [1.165, 1.54) is 24.3 Å². The minimum atomic E-state index is -4.80. The highest BCUT2D eigenvalue weighted by atomic mass is 32.2. The molecule has 1 aliphatic carbocycles. The molecule has 1 aliphatic heterocycles. The molecule has 1 heterocycles. The van der Waals surface area contributed by atoms with Gasteiger partial charge in [-0.25, -0.2) is 8.42 Å². The quantitative estimate of drug-likeness (QED) is 0.362. The maximum Gasteiger partial charge on any atom is 0.573 e. The van der Waals surface area contributed by atoms with Gasteiger partial charge in [-0.05, 0) is 85.4 Å². The number of hydrogen-bond donors (Lipinski definition) is 1. The van der Waals surface area contributed by atoms with E-state index in [2.05, 4.69) is 23.9 Å². The molecule has 11 heteroatoms. The first kappa shape index (κ1) is 30.5. The first-order valence-electron chi connectivity index (χ1n) is 13.3. The summed E-state index contributed by atoms with van der Waals surface area (Å²) in [6.07, 6.45) is 1.14. The average Bonchev–Trinajstić information content (AvgIpc) is 2.88. The van der Waals surface area contributed by atoms with Gasteiger partial charge >= 0.3 is 6.36 Å². The predicted molar refractivity (Wildman–Crippen MR) is 151 cm³/mol. The number of rotatable bonds is 9. The average molecular weight is 597 g/mol. The molecule has 1 fully saturated rings. The molecule has 3 atom stereocenters. The maximum absolute atomic E-state index is 13.5. The van der Waals surface area contributed by atoms with Gasteiger partial charge < -0.3 is 15.0 Å². The number of thioether (sulfide) groups is 1. The molecule has 0 unspecified atom stereocenters. The summed E-state index contributed by atoms with van der Waals surface area (Å²) in [6, 6.07) is 12.6. The van der Waals surface area contributed by atoms with Crippen molar-refractivity contribution in [1.29, 1.82) is 0 Å². The monoisotopic (exact) mass is 596 g/mol. The fourth-order valence-corrected chi connectivity index (χ4v) is 7.80. The van der Waals surface area contributed by atoms with Crippen LogP contribution in [0.2, 0.25) is 0 Å². The van der Waals surface area contributed by atoms with Crippen LogP contribution in [0.5, 0.6) is 5.75 Å². The largest absolute Gasteiger partial charge is 0.573 e. The van der Waals surface area contributed by atoms with E-state index in [1.54, 1.807) is 47.0 Å². The molecule has 2 aliphatic rings. The van der Waals surface area contributed by atoms with Crippen molar-refractivity contribution in [3.63, 3.8) is 0 Å². The van der Waals surface area contributed by atoms with Gasteiger partial charge in [-0.2, -0.15) is 0 Å². The van der Waals surface area contributed by atoms with Gasteiger partial charge in [-0.1, -0.05) is 26.0 Å². The Morgan fingerprint density at radius 2 is 1.85 bits per heavy atom. The Hall–Kier alpha value is -2.50. The number of alkyl halides is 3. The summed E-state index contributed by atoms with van der Waals surface area (Å²) in [4.78, 5) is 16.4. The summed E-state index contributed by atoms with van der Waals surface area (Å²) in [7, 11) is -3.60. The normalized spacial score (nSPS) is 22.4. The number of sulfone groups is 1. The van der Waals surface area contributed by atoms with E-state index in [1.807, 2.05) is 6.26 Å². The molecule has 1 N–H and O–H groups in total. The van der Waals surface area contributed by atoms with Crippen LogP contribution in [0.3, 0.4) is 0 Å². The Kier molecular flexibility index (Phi) is 9.57. The standard InChI is InChI=1S/C29H35F3N2O4S2/c1-19(2)33-23-7-12-27(22(15-23)18-40(36,37)26-10-8-25(39-3)9-11-26)34-14-13-21(17-28(34)35)20-5-4-6-24(16-20)38-29(30,31)32/h4-6,8-11,16-17,19,22-23,27,33H,7,12-15,18H2,1-3H3/t22-,23+,27-/m0/s1. The fourth-order valence-electron chi connectivity index (χ4n) is 5.73. The summed E-state index contributed by atoms with van der Waals surface area (Å²) in [5, 5.41) is 3.53. The van der Waals surface area contributed by atoms with Gasteiger partial charge in [-0.3, -0.25) is 4.79 Å². The highest BCUT2D eigenvalue weighted by Gasteiger charge is 2.39. The Morgan fingerprint density at radius 3 is 2.48 bits per heavy atom. The smallest absolute Gasteiger partial charge is 0.406 e. The number of carbonyl (C=O) groups excluding carboxylic acids is 1. The summed E-state index contributed by atoms with van der Waals surface area (Å²) in [5.74, 6) is -0.926. The molecule has 0 saturated heterocycles. The van der Waals surface area contributed by atoms with Crippen LogP contribution >= 0.6 is 11.8 Å². The molecule has 1 saturated carbocycles. The highest BCUT2D eigenvalue weighted by Crippen LogP contribution is 2.35. The second-order valence-electron chi connectivity index (χ2n) is 10.6. The number of amides is 1. The van der Waals surface area contributed by atoms with E-state index < -0.39 is 16.2 Å². The van der Waals surface area contributed by atoms with Crippen molar-refractivity contribution in [3.8, 4) is 5.75 Å². The Morgan fingerprint density at radius 1 is 1.12 bits per heavy atom. The lowest BCUT2D eigenvalue weighted by Gasteiger charge is -2.44. The Bertz CT molecular complexity index is 1330. The van der Waals surface area contributed by atoms with E-state index in [-0.39, 0.29) is 46.3 Å². The Labute approximate surface area is 238 Å². The van der Waals surface area contributed by atoms with Crippen LogP contribution in [0.25, 0.3) is 5.57 Å². The van der Waals surface area contributed by atoms with Gasteiger partial charge in [0, 0.05) is 35.6 Å². The Balaban J connectivity index is 1.55. The van der Waals surface area contributed by atoms with Gasteiger partial charge in [0.05, 0.1) is 10.6 Å². The number of halogens is 3. The predicted octanol–water partition coefficient (Wildman–Crippen LogP) is 5.93. The molecule has 2 aromatic rings. The number of carbonyl (C=O) groups is 1. The van der Waals surface area contributed by atoms with E-state index in [9.17, 15) is 26.4 Å². The van der Waals surface area contributed by atoms with Crippen molar-refractivity contribution in [1.82, 2.24) is 10.2 Å². The topological polar surface area (TPSA) is 75.7 Å². The van der Waals surface area contributed by atoms with Crippen molar-refractivity contribution in [2.75, 3.05) is 18.6 Å². The zero-order valence-electron chi connectivity index (χ0n) is 22.8. The van der Waals surface area contributed by atoms with Crippen molar-refractivity contribution < 1.29 is 31.1 Å². The van der Waals surface area contributed by atoms with E-state index >= 15 is 0 Å². The second kappa shape index (κ2) is 12.6. The number of benzene rings is 2. The molecule has 40 heavy (non-hydrogen) atoms. The van der Waals surface area contributed by atoms with Crippen molar-refractivity contribution in [3.05, 3.63) is 60.2 Å². The summed E-state index contributed by atoms with van der Waals surface area (Å²) < 4.78 is 69.0. The first-order chi connectivity index (χ1) is 18.8. The lowest BCUT2D eigenvalue weighted by atomic mass is 9.80. The number of nitrogens with zero attached hydrogens (tertiary/aromatic N) is 1. The highest BCUT2D eigenvalue weighted by molar-refractivity contribution is 7.98. The zero-order chi connectivity index (χ0) is 29.1. The molecule has 1 amide bonds. The summed E-state index contributed by atoms with van der Waals surface area (Å²) in [5.41, 5.74) is 1.12. The number of nitrogens with one attached hydrogen (secondary N) is 1. The second-order valence-corrected chi connectivity index (χ2v) is 13.6. The molecule has 0 radical (unpaired) electrons. The molecule has 4 rings (SSSR count). The third-order valence-corrected chi connectivity index (χ3v) is 10.0. The SMILES string of the molecule is CSc1ccc(S(=O)(=O)C[C@@H]2C[C@H](NC(C)C)CC[C@@H]2N2CCC(c3cccc(OC(F)(F)F)c3)=CC2=O)cc1. The zero-order valence-corrected chi connectivity index (χ0v) is 24.4. The molecule has 6 nitrogen and oxygen atoms in total. The molecule has 0 spiro atoms. The van der Waals surface area contributed by atoms with Crippen LogP contribution in [-0.4, -0.2) is 62.3 Å². The third-order valence-electron chi connectivity index (χ3n) is 7.40. The number of ether oxygens (including phenoxy) is 1. The minimum absolute atomic E-state index is 0.0657. The van der Waals surface area contributed by atoms with Gasteiger partial charge in [-0.15, -0.1) is 24.9 Å². The van der Waals surface area contributed by atoms with Crippen LogP contribution in [0.4, 0.5) is 13.2 Å². The van der Waals surface area contributed by atoms with Crippen LogP contribution in [0.15, 0.2) is 64.4 Å². The van der Waals surface area contributed by atoms with Gasteiger partial charge in [0.25, 0.3) is 0 Å². The van der Waals surface area contributed by atoms with Crippen LogP contribution in [-0.2, 0) is 14.6 Å². The molecular formula is C29H35F3N2O4S2. The first-order valence-corrected chi connectivity index (χ1v) is 16.2. The molecular weight excluding hydrogens is 561 g/mol. The molecule has 0 bridgehead atoms. The van der Waals surface area contributed by atoms with E-state index in [0.29, 0.717) is 36.9 Å². The lowest BCUT2D eigenvalue weighted by Crippen LogP contribution is -2.53. The van der Waals surface area contributed by atoms with Crippen LogP contribution in [0, 0.1) is 5.92 Å². The molecule has 218 valence electrons. The van der Waals surface area contributed by atoms with E-state index in [0.717, 1.165) is 11.3 Å². The van der Waals surface area contributed by atoms with Crippen LogP contribution < -0.4 is 10.1 Å². The maximum atomic E-state index is 13.5. The van der Waals surface area contributed by atoms with Gasteiger partial charge in [0.2, 0.25) is 5.91 Å². The van der Waals surface area contributed by atoms with Crippen molar-refractivity contribution in [2.24, 2.45) is 5.92 Å². The molecule has 2 aromatic carbocycles. The fraction of sp³-hybridized carbons (Fsp3) is 0.483. The minimum Gasteiger partial charge on any atom is -0.406 e.